The van der Waals surface area contributed by atoms with Crippen LogP contribution < -0.4 is 18.9 Å². The number of hydrogen-bond donors (Lipinski definition) is 0. The Hall–Kier alpha value is -2.36. The molecule has 4 nitrogen and oxygen atoms in total. The number of rotatable bonds is 0. The fourth-order valence-corrected chi connectivity index (χ4v) is 2.08. The Morgan fingerprint density at radius 1 is 0.615 bits per heavy atom. The lowest BCUT2D eigenvalue weighted by molar-refractivity contribution is 0.173. The maximum atomic E-state index is 5.21. The molecule has 2 aliphatic rings. The van der Waals surface area contributed by atoms with Gasteiger partial charge in [-0.25, -0.2) is 0 Å². The standard InChI is InChI=1S/2C8H8O2.3C2H6/c1-6-2-3-7-8(4-6)10-5-9-7;1-6-3-2-4-7-8(6)10-5-9-7;3*1-2/h2*2-4H,5H2,1H3;3*1-2H3. The third-order valence-electron chi connectivity index (χ3n) is 3.12. The first kappa shape index (κ1) is 23.6. The molecule has 0 aliphatic carbocycles. The lowest BCUT2D eigenvalue weighted by Gasteiger charge is -1.96. The predicted octanol–water partition coefficient (Wildman–Crippen LogP) is 6.53. The summed E-state index contributed by atoms with van der Waals surface area (Å²) in [5.74, 6) is 3.47. The van der Waals surface area contributed by atoms with Crippen LogP contribution in [0.4, 0.5) is 0 Å². The second-order valence-electron chi connectivity index (χ2n) is 4.67. The van der Waals surface area contributed by atoms with Crippen LogP contribution in [0.25, 0.3) is 0 Å². The van der Waals surface area contributed by atoms with Gasteiger partial charge in [0.05, 0.1) is 0 Å². The molecule has 0 atom stereocenters. The van der Waals surface area contributed by atoms with Crippen LogP contribution in [-0.4, -0.2) is 13.6 Å². The van der Waals surface area contributed by atoms with Gasteiger partial charge in [0.25, 0.3) is 0 Å². The SMILES string of the molecule is CC.CC.CC.Cc1ccc2c(c1)OCO2.Cc1cccc2c1OCO2. The van der Waals surface area contributed by atoms with Crippen molar-refractivity contribution in [3.63, 3.8) is 0 Å². The molecular formula is C22H34O4. The van der Waals surface area contributed by atoms with Crippen molar-refractivity contribution in [3.8, 4) is 23.0 Å². The van der Waals surface area contributed by atoms with Crippen molar-refractivity contribution in [1.29, 1.82) is 0 Å². The van der Waals surface area contributed by atoms with Gasteiger partial charge in [0.15, 0.2) is 23.0 Å². The Morgan fingerprint density at radius 3 is 1.85 bits per heavy atom. The molecule has 0 N–H and O–H groups in total. The van der Waals surface area contributed by atoms with Crippen molar-refractivity contribution >= 4 is 0 Å². The van der Waals surface area contributed by atoms with Gasteiger partial charge < -0.3 is 18.9 Å². The van der Waals surface area contributed by atoms with Crippen LogP contribution in [0.5, 0.6) is 23.0 Å². The average Bonchev–Trinajstić information content (AvgIpc) is 3.36. The third-order valence-corrected chi connectivity index (χ3v) is 3.12. The topological polar surface area (TPSA) is 36.9 Å². The van der Waals surface area contributed by atoms with E-state index in [0.717, 1.165) is 28.6 Å². The number of hydrogen-bond acceptors (Lipinski definition) is 4. The van der Waals surface area contributed by atoms with E-state index < -0.39 is 0 Å². The molecule has 0 amide bonds. The van der Waals surface area contributed by atoms with E-state index in [-0.39, 0.29) is 0 Å². The molecule has 2 aromatic carbocycles. The number of para-hydroxylation sites is 1. The Bertz CT molecular complexity index is 624. The normalized spacial score (nSPS) is 11.2. The van der Waals surface area contributed by atoms with E-state index in [1.165, 1.54) is 5.56 Å². The highest BCUT2D eigenvalue weighted by Gasteiger charge is 2.13. The van der Waals surface area contributed by atoms with Gasteiger partial charge in [-0.1, -0.05) is 59.7 Å². The smallest absolute Gasteiger partial charge is 0.231 e. The maximum absolute atomic E-state index is 5.21. The van der Waals surface area contributed by atoms with E-state index in [9.17, 15) is 0 Å². The lowest BCUT2D eigenvalue weighted by atomic mass is 10.2. The molecule has 0 spiro atoms. The highest BCUT2D eigenvalue weighted by atomic mass is 16.7. The van der Waals surface area contributed by atoms with E-state index >= 15 is 0 Å². The number of benzene rings is 2. The summed E-state index contributed by atoms with van der Waals surface area (Å²) in [6.45, 7) is 16.8. The van der Waals surface area contributed by atoms with Crippen LogP contribution in [0, 0.1) is 13.8 Å². The van der Waals surface area contributed by atoms with E-state index in [1.807, 2.05) is 91.8 Å². The van der Waals surface area contributed by atoms with Crippen LogP contribution in [0.15, 0.2) is 36.4 Å². The summed E-state index contributed by atoms with van der Waals surface area (Å²) in [4.78, 5) is 0. The second kappa shape index (κ2) is 13.9. The van der Waals surface area contributed by atoms with Crippen LogP contribution in [0.3, 0.4) is 0 Å². The lowest BCUT2D eigenvalue weighted by Crippen LogP contribution is -1.93. The van der Waals surface area contributed by atoms with Gasteiger partial charge in [-0.3, -0.25) is 0 Å². The molecule has 0 radical (unpaired) electrons. The summed E-state index contributed by atoms with van der Waals surface area (Å²) >= 11 is 0. The highest BCUT2D eigenvalue weighted by molar-refractivity contribution is 5.47. The zero-order chi connectivity index (χ0) is 19.9. The molecule has 4 heteroatoms. The van der Waals surface area contributed by atoms with Gasteiger partial charge in [0.1, 0.15) is 0 Å². The quantitative estimate of drug-likeness (QED) is 0.534. The molecular weight excluding hydrogens is 328 g/mol. The number of fused-ring (bicyclic) bond motifs is 2. The molecule has 26 heavy (non-hydrogen) atoms. The van der Waals surface area contributed by atoms with Crippen LogP contribution in [0.1, 0.15) is 52.7 Å². The zero-order valence-corrected chi connectivity index (χ0v) is 17.5. The molecule has 2 aliphatic heterocycles. The van der Waals surface area contributed by atoms with E-state index in [4.69, 9.17) is 18.9 Å². The summed E-state index contributed by atoms with van der Waals surface area (Å²) in [5, 5.41) is 0. The van der Waals surface area contributed by atoms with E-state index in [2.05, 4.69) is 0 Å². The Balaban J connectivity index is 0.000000375. The summed E-state index contributed by atoms with van der Waals surface area (Å²) in [7, 11) is 0. The van der Waals surface area contributed by atoms with Crippen LogP contribution in [0.2, 0.25) is 0 Å². The molecule has 146 valence electrons. The second-order valence-corrected chi connectivity index (χ2v) is 4.67. The van der Waals surface area contributed by atoms with Gasteiger partial charge >= 0.3 is 0 Å². The minimum absolute atomic E-state index is 0.360. The fourth-order valence-electron chi connectivity index (χ4n) is 2.08. The van der Waals surface area contributed by atoms with Crippen molar-refractivity contribution in [3.05, 3.63) is 47.5 Å². The first-order chi connectivity index (χ1) is 12.7. The molecule has 0 bridgehead atoms. The van der Waals surface area contributed by atoms with Crippen molar-refractivity contribution < 1.29 is 18.9 Å². The zero-order valence-electron chi connectivity index (χ0n) is 17.5. The largest absolute Gasteiger partial charge is 0.454 e. The molecule has 2 heterocycles. The van der Waals surface area contributed by atoms with Crippen LogP contribution in [-0.2, 0) is 0 Å². The molecule has 4 rings (SSSR count). The highest BCUT2D eigenvalue weighted by Crippen LogP contribution is 2.34. The maximum Gasteiger partial charge on any atom is 0.231 e. The first-order valence-corrected chi connectivity index (χ1v) is 9.45. The van der Waals surface area contributed by atoms with Crippen molar-refractivity contribution in [2.75, 3.05) is 13.6 Å². The minimum atomic E-state index is 0.360. The van der Waals surface area contributed by atoms with Gasteiger partial charge in [0.2, 0.25) is 13.6 Å². The fraction of sp³-hybridized carbons (Fsp3) is 0.455. The van der Waals surface area contributed by atoms with Crippen molar-refractivity contribution in [1.82, 2.24) is 0 Å². The predicted molar refractivity (Wildman–Crippen MR) is 109 cm³/mol. The van der Waals surface area contributed by atoms with E-state index in [1.54, 1.807) is 0 Å². The van der Waals surface area contributed by atoms with Gasteiger partial charge in [0, 0.05) is 0 Å². The summed E-state index contributed by atoms with van der Waals surface area (Å²) in [6, 6.07) is 11.8. The molecule has 2 aromatic rings. The Labute approximate surface area is 159 Å². The molecule has 0 aromatic heterocycles. The van der Waals surface area contributed by atoms with Crippen molar-refractivity contribution in [2.45, 2.75) is 55.4 Å². The molecule has 0 saturated heterocycles. The van der Waals surface area contributed by atoms with Crippen LogP contribution >= 0.6 is 0 Å². The third kappa shape index (κ3) is 6.87. The average molecular weight is 363 g/mol. The van der Waals surface area contributed by atoms with Gasteiger partial charge in [-0.2, -0.15) is 0 Å². The van der Waals surface area contributed by atoms with Crippen molar-refractivity contribution in [2.24, 2.45) is 0 Å². The molecule has 0 unspecified atom stereocenters. The molecule has 0 fully saturated rings. The Morgan fingerprint density at radius 2 is 1.19 bits per heavy atom. The van der Waals surface area contributed by atoms with Gasteiger partial charge in [-0.15, -0.1) is 0 Å². The first-order valence-electron chi connectivity index (χ1n) is 9.45. The van der Waals surface area contributed by atoms with Gasteiger partial charge in [-0.05, 0) is 43.2 Å². The number of aryl methyl sites for hydroxylation is 2. The summed E-state index contributed by atoms with van der Waals surface area (Å²) in [5.41, 5.74) is 2.33. The van der Waals surface area contributed by atoms with E-state index in [0.29, 0.717) is 13.6 Å². The number of ether oxygens (including phenoxy) is 4. The minimum Gasteiger partial charge on any atom is -0.454 e. The molecule has 0 saturated carbocycles. The monoisotopic (exact) mass is 362 g/mol. The Kier molecular flexibility index (Phi) is 12.6. The summed E-state index contributed by atoms with van der Waals surface area (Å²) in [6.07, 6.45) is 0. The summed E-state index contributed by atoms with van der Waals surface area (Å²) < 4.78 is 20.7.